The van der Waals surface area contributed by atoms with E-state index in [9.17, 15) is 5.11 Å². The molecular weight excluding hydrogens is 264 g/mol. The van der Waals surface area contributed by atoms with Crippen LogP contribution in [0.2, 0.25) is 0 Å². The lowest BCUT2D eigenvalue weighted by atomic mass is 10.0. The van der Waals surface area contributed by atoms with E-state index in [0.717, 1.165) is 18.7 Å². The Labute approximate surface area is 128 Å². The second-order valence-electron chi connectivity index (χ2n) is 6.13. The summed E-state index contributed by atoms with van der Waals surface area (Å²) in [5.41, 5.74) is 1.23. The van der Waals surface area contributed by atoms with Gasteiger partial charge in [-0.05, 0) is 44.9 Å². The molecule has 0 heterocycles. The third kappa shape index (κ3) is 4.99. The number of methoxy groups -OCH3 is 1. The maximum Gasteiger partial charge on any atom is 0.122 e. The Morgan fingerprint density at radius 2 is 2.10 bits per heavy atom. The van der Waals surface area contributed by atoms with E-state index in [2.05, 4.69) is 36.3 Å². The number of nitrogens with zero attached hydrogens (tertiary/aromatic N) is 1. The van der Waals surface area contributed by atoms with E-state index in [4.69, 9.17) is 4.74 Å². The van der Waals surface area contributed by atoms with Crippen LogP contribution < -0.4 is 10.1 Å². The first-order valence-corrected chi connectivity index (χ1v) is 7.83. The van der Waals surface area contributed by atoms with Gasteiger partial charge in [-0.1, -0.05) is 18.2 Å². The van der Waals surface area contributed by atoms with Crippen molar-refractivity contribution in [1.29, 1.82) is 0 Å². The number of rotatable bonds is 9. The topological polar surface area (TPSA) is 44.7 Å². The molecule has 1 aliphatic carbocycles. The molecule has 4 nitrogen and oxygen atoms in total. The minimum atomic E-state index is 0.169. The van der Waals surface area contributed by atoms with Gasteiger partial charge in [0.15, 0.2) is 0 Å². The number of hydrogen-bond acceptors (Lipinski definition) is 4. The fraction of sp³-hybridized carbons (Fsp3) is 0.647. The molecule has 2 N–H and O–H groups in total. The van der Waals surface area contributed by atoms with Crippen LogP contribution in [0.1, 0.15) is 25.3 Å². The highest BCUT2D eigenvalue weighted by atomic mass is 16.5. The molecule has 0 aromatic heterocycles. The molecule has 1 aromatic carbocycles. The molecule has 1 saturated carbocycles. The smallest absolute Gasteiger partial charge is 0.122 e. The van der Waals surface area contributed by atoms with E-state index in [1.54, 1.807) is 7.11 Å². The first-order valence-electron chi connectivity index (χ1n) is 7.83. The minimum absolute atomic E-state index is 0.169. The van der Waals surface area contributed by atoms with Gasteiger partial charge in [0, 0.05) is 24.7 Å². The Morgan fingerprint density at radius 3 is 2.71 bits per heavy atom. The molecule has 1 aliphatic rings. The average Bonchev–Trinajstić information content (AvgIpc) is 3.30. The number of hydrogen-bond donors (Lipinski definition) is 2. The second-order valence-corrected chi connectivity index (χ2v) is 6.13. The highest BCUT2D eigenvalue weighted by Gasteiger charge is 2.25. The molecule has 0 radical (unpaired) electrons. The van der Waals surface area contributed by atoms with E-state index < -0.39 is 0 Å². The number of aliphatic hydroxyl groups excluding tert-OH is 1. The van der Waals surface area contributed by atoms with Crippen LogP contribution in [0.15, 0.2) is 24.3 Å². The zero-order chi connectivity index (χ0) is 15.2. The third-order valence-electron chi connectivity index (χ3n) is 4.24. The zero-order valence-corrected chi connectivity index (χ0v) is 13.4. The summed E-state index contributed by atoms with van der Waals surface area (Å²) in [6, 6.07) is 9.37. The van der Waals surface area contributed by atoms with E-state index in [1.165, 1.54) is 18.4 Å². The molecule has 2 unspecified atom stereocenters. The van der Waals surface area contributed by atoms with Gasteiger partial charge in [0.1, 0.15) is 5.75 Å². The van der Waals surface area contributed by atoms with Gasteiger partial charge in [0.05, 0.1) is 13.7 Å². The Bertz CT molecular complexity index is 435. The lowest BCUT2D eigenvalue weighted by molar-refractivity contribution is 0.173. The molecule has 1 fully saturated rings. The molecule has 0 aliphatic heterocycles. The monoisotopic (exact) mass is 292 g/mol. The summed E-state index contributed by atoms with van der Waals surface area (Å²) in [6.07, 6.45) is 3.44. The lowest BCUT2D eigenvalue weighted by Crippen LogP contribution is -2.46. The molecule has 2 rings (SSSR count). The van der Waals surface area contributed by atoms with Gasteiger partial charge in [-0.15, -0.1) is 0 Å². The van der Waals surface area contributed by atoms with Gasteiger partial charge in [0.2, 0.25) is 0 Å². The molecule has 0 amide bonds. The summed E-state index contributed by atoms with van der Waals surface area (Å²) in [4.78, 5) is 2.31. The van der Waals surface area contributed by atoms with E-state index in [0.29, 0.717) is 12.1 Å². The van der Waals surface area contributed by atoms with Crippen LogP contribution in [0.3, 0.4) is 0 Å². The molecule has 0 saturated heterocycles. The van der Waals surface area contributed by atoms with E-state index in [-0.39, 0.29) is 12.6 Å². The standard InChI is InChI=1S/C17H28N2O2/c1-13(10-14-6-4-5-7-17(14)21-3)19(2)11-16(12-20)18-15-8-9-15/h4-7,13,15-16,18,20H,8-12H2,1-3H3. The summed E-state index contributed by atoms with van der Waals surface area (Å²) in [5, 5.41) is 13.0. The largest absolute Gasteiger partial charge is 0.496 e. The van der Waals surface area contributed by atoms with Crippen molar-refractivity contribution in [1.82, 2.24) is 10.2 Å². The van der Waals surface area contributed by atoms with E-state index in [1.807, 2.05) is 12.1 Å². The van der Waals surface area contributed by atoms with E-state index >= 15 is 0 Å². The van der Waals surface area contributed by atoms with Crippen molar-refractivity contribution in [3.05, 3.63) is 29.8 Å². The van der Waals surface area contributed by atoms with Crippen LogP contribution >= 0.6 is 0 Å². The Kier molecular flexibility index (Phi) is 6.03. The SMILES string of the molecule is COc1ccccc1CC(C)N(C)CC(CO)NC1CC1. The lowest BCUT2D eigenvalue weighted by Gasteiger charge is -2.29. The van der Waals surface area contributed by atoms with Crippen LogP contribution in [0.25, 0.3) is 0 Å². The number of nitrogens with one attached hydrogen (secondary N) is 1. The normalized spacial score (nSPS) is 17.8. The maximum absolute atomic E-state index is 9.50. The molecule has 0 bridgehead atoms. The van der Waals surface area contributed by atoms with Crippen molar-refractivity contribution in [2.45, 2.75) is 44.3 Å². The van der Waals surface area contributed by atoms with Crippen molar-refractivity contribution in [2.24, 2.45) is 0 Å². The zero-order valence-electron chi connectivity index (χ0n) is 13.4. The highest BCUT2D eigenvalue weighted by Crippen LogP contribution is 2.21. The Morgan fingerprint density at radius 1 is 1.38 bits per heavy atom. The summed E-state index contributed by atoms with van der Waals surface area (Å²) >= 11 is 0. The summed E-state index contributed by atoms with van der Waals surface area (Å²) in [5.74, 6) is 0.951. The second kappa shape index (κ2) is 7.78. The minimum Gasteiger partial charge on any atom is -0.496 e. The average molecular weight is 292 g/mol. The molecule has 118 valence electrons. The Hall–Kier alpha value is -1.10. The summed E-state index contributed by atoms with van der Waals surface area (Å²) in [7, 11) is 3.84. The van der Waals surface area contributed by atoms with Crippen LogP contribution in [0.5, 0.6) is 5.75 Å². The van der Waals surface area contributed by atoms with Gasteiger partial charge < -0.3 is 20.1 Å². The van der Waals surface area contributed by atoms with Crippen LogP contribution in [-0.4, -0.2) is 55.4 Å². The molecule has 2 atom stereocenters. The molecule has 0 spiro atoms. The van der Waals surface area contributed by atoms with Crippen molar-refractivity contribution in [2.75, 3.05) is 27.3 Å². The van der Waals surface area contributed by atoms with Crippen molar-refractivity contribution < 1.29 is 9.84 Å². The first-order chi connectivity index (χ1) is 10.1. The maximum atomic E-state index is 9.50. The predicted octanol–water partition coefficient (Wildman–Crippen LogP) is 1.67. The quantitative estimate of drug-likeness (QED) is 0.727. The molecule has 21 heavy (non-hydrogen) atoms. The number of benzene rings is 1. The van der Waals surface area contributed by atoms with Gasteiger partial charge in [-0.2, -0.15) is 0 Å². The third-order valence-corrected chi connectivity index (χ3v) is 4.24. The number of likely N-dealkylation sites (N-methyl/N-ethyl adjacent to an activating group) is 1. The van der Waals surface area contributed by atoms with Gasteiger partial charge >= 0.3 is 0 Å². The summed E-state index contributed by atoms with van der Waals surface area (Å²) < 4.78 is 5.42. The van der Waals surface area contributed by atoms with Gasteiger partial charge in [-0.3, -0.25) is 0 Å². The van der Waals surface area contributed by atoms with Crippen molar-refractivity contribution >= 4 is 0 Å². The van der Waals surface area contributed by atoms with Gasteiger partial charge in [-0.25, -0.2) is 0 Å². The molecule has 4 heteroatoms. The van der Waals surface area contributed by atoms with Crippen LogP contribution in [0.4, 0.5) is 0 Å². The Balaban J connectivity index is 1.87. The first kappa shape index (κ1) is 16.3. The fourth-order valence-electron chi connectivity index (χ4n) is 2.62. The highest BCUT2D eigenvalue weighted by molar-refractivity contribution is 5.33. The van der Waals surface area contributed by atoms with Crippen molar-refractivity contribution in [3.8, 4) is 5.75 Å². The van der Waals surface area contributed by atoms with Crippen LogP contribution in [-0.2, 0) is 6.42 Å². The molecular formula is C17H28N2O2. The number of ether oxygens (including phenoxy) is 1. The summed E-state index contributed by atoms with van der Waals surface area (Å²) in [6.45, 7) is 3.28. The fourth-order valence-corrected chi connectivity index (χ4v) is 2.62. The number of aliphatic hydroxyl groups is 1. The van der Waals surface area contributed by atoms with Gasteiger partial charge in [0.25, 0.3) is 0 Å². The molecule has 1 aromatic rings. The van der Waals surface area contributed by atoms with Crippen LogP contribution in [0, 0.1) is 0 Å². The number of para-hydroxylation sites is 1. The van der Waals surface area contributed by atoms with Crippen molar-refractivity contribution in [3.63, 3.8) is 0 Å². The predicted molar refractivity (Wildman–Crippen MR) is 85.8 cm³/mol.